The van der Waals surface area contributed by atoms with Crippen molar-refractivity contribution in [2.45, 2.75) is 51.5 Å². The van der Waals surface area contributed by atoms with E-state index in [0.29, 0.717) is 11.6 Å². The van der Waals surface area contributed by atoms with Crippen LogP contribution in [0.2, 0.25) is 0 Å². The largest absolute Gasteiger partial charge is 0.340 e. The van der Waals surface area contributed by atoms with Gasteiger partial charge >= 0.3 is 0 Å². The molecule has 1 aromatic heterocycles. The first-order chi connectivity index (χ1) is 13.9. The molecule has 0 spiro atoms. The zero-order valence-electron chi connectivity index (χ0n) is 16.6. The summed E-state index contributed by atoms with van der Waals surface area (Å²) in [6, 6.07) is 7.64. The van der Waals surface area contributed by atoms with Gasteiger partial charge in [0.15, 0.2) is 0 Å². The molecule has 0 unspecified atom stereocenters. The number of anilines is 3. The minimum Gasteiger partial charge on any atom is -0.340 e. The normalized spacial score (nSPS) is 21.3. The SMILES string of the molecule is Cc1ccccc1NC(=O)[C@@H]1CC(=O)Nc2nc(N3CCCC[C@@H]3C)[nH]c(=O)c21. The zero-order valence-corrected chi connectivity index (χ0v) is 16.6. The molecule has 29 heavy (non-hydrogen) atoms. The van der Waals surface area contributed by atoms with Gasteiger partial charge in [0.25, 0.3) is 5.56 Å². The molecule has 2 aliphatic heterocycles. The molecule has 0 saturated carbocycles. The van der Waals surface area contributed by atoms with Gasteiger partial charge in [-0.1, -0.05) is 18.2 Å². The molecule has 4 rings (SSSR count). The van der Waals surface area contributed by atoms with Crippen molar-refractivity contribution in [3.63, 3.8) is 0 Å². The number of hydrogen-bond acceptors (Lipinski definition) is 5. The summed E-state index contributed by atoms with van der Waals surface area (Å²) in [7, 11) is 0. The standard InChI is InChI=1S/C21H25N5O3/c1-12-7-3-4-9-15(12)22-19(28)14-11-16(27)23-18-17(14)20(29)25-21(24-18)26-10-6-5-8-13(26)2/h3-4,7,9,13-14H,5-6,8,10-11H2,1-2H3,(H,22,28)(H2,23,24,25,27,29)/t13-,14+/m0/s1. The number of amides is 2. The van der Waals surface area contributed by atoms with Crippen LogP contribution in [0.15, 0.2) is 29.1 Å². The van der Waals surface area contributed by atoms with E-state index < -0.39 is 5.92 Å². The lowest BCUT2D eigenvalue weighted by atomic mass is 9.92. The summed E-state index contributed by atoms with van der Waals surface area (Å²) in [5.74, 6) is -0.966. The first-order valence-corrected chi connectivity index (χ1v) is 10.0. The summed E-state index contributed by atoms with van der Waals surface area (Å²) in [6.07, 6.45) is 3.10. The number of aromatic nitrogens is 2. The number of nitrogens with one attached hydrogen (secondary N) is 3. The molecule has 0 aliphatic carbocycles. The van der Waals surface area contributed by atoms with E-state index in [1.54, 1.807) is 6.07 Å². The number of benzene rings is 1. The van der Waals surface area contributed by atoms with Crippen LogP contribution in [0.1, 0.15) is 49.7 Å². The Balaban J connectivity index is 1.67. The van der Waals surface area contributed by atoms with Crippen LogP contribution < -0.4 is 21.1 Å². The van der Waals surface area contributed by atoms with Crippen LogP contribution in [0.3, 0.4) is 0 Å². The van der Waals surface area contributed by atoms with Gasteiger partial charge in [-0.15, -0.1) is 0 Å². The molecule has 0 bridgehead atoms. The number of carbonyl (C=O) groups excluding carboxylic acids is 2. The van der Waals surface area contributed by atoms with E-state index in [9.17, 15) is 14.4 Å². The first kappa shape index (κ1) is 19.2. The summed E-state index contributed by atoms with van der Waals surface area (Å²) >= 11 is 0. The highest BCUT2D eigenvalue weighted by atomic mass is 16.2. The molecule has 2 amide bonds. The lowest BCUT2D eigenvalue weighted by molar-refractivity contribution is -0.123. The van der Waals surface area contributed by atoms with Crippen LogP contribution >= 0.6 is 0 Å². The van der Waals surface area contributed by atoms with Crippen LogP contribution in [0.5, 0.6) is 0 Å². The van der Waals surface area contributed by atoms with Crippen LogP contribution in [0.4, 0.5) is 17.5 Å². The number of para-hydroxylation sites is 1. The van der Waals surface area contributed by atoms with E-state index in [4.69, 9.17) is 0 Å². The summed E-state index contributed by atoms with van der Waals surface area (Å²) < 4.78 is 0. The molecule has 1 fully saturated rings. The molecule has 1 saturated heterocycles. The molecule has 8 heteroatoms. The first-order valence-electron chi connectivity index (χ1n) is 10.0. The third-order valence-electron chi connectivity index (χ3n) is 5.73. The number of aromatic amines is 1. The van der Waals surface area contributed by atoms with Gasteiger partial charge in [0, 0.05) is 24.7 Å². The molecular formula is C21H25N5O3. The fraction of sp³-hybridized carbons (Fsp3) is 0.429. The molecule has 2 aliphatic rings. The Morgan fingerprint density at radius 2 is 2.03 bits per heavy atom. The molecule has 2 aromatic rings. The highest BCUT2D eigenvalue weighted by Gasteiger charge is 2.35. The van der Waals surface area contributed by atoms with E-state index in [-0.39, 0.29) is 41.2 Å². The number of nitrogens with zero attached hydrogens (tertiary/aromatic N) is 2. The van der Waals surface area contributed by atoms with Gasteiger partial charge in [-0.25, -0.2) is 0 Å². The van der Waals surface area contributed by atoms with Gasteiger partial charge in [-0.2, -0.15) is 4.98 Å². The van der Waals surface area contributed by atoms with Crippen LogP contribution in [-0.4, -0.2) is 34.4 Å². The fourth-order valence-electron chi connectivity index (χ4n) is 4.07. The van der Waals surface area contributed by atoms with Gasteiger partial charge in [0.05, 0.1) is 11.5 Å². The Morgan fingerprint density at radius 3 is 2.79 bits per heavy atom. The summed E-state index contributed by atoms with van der Waals surface area (Å²) in [6.45, 7) is 4.78. The van der Waals surface area contributed by atoms with E-state index in [1.165, 1.54) is 0 Å². The van der Waals surface area contributed by atoms with Gasteiger partial charge in [-0.05, 0) is 44.7 Å². The predicted octanol–water partition coefficient (Wildman–Crippen LogP) is 2.52. The minimum atomic E-state index is -0.887. The lowest BCUT2D eigenvalue weighted by Crippen LogP contribution is -2.42. The van der Waals surface area contributed by atoms with E-state index in [2.05, 4.69) is 27.5 Å². The van der Waals surface area contributed by atoms with Crippen LogP contribution in [0, 0.1) is 6.92 Å². The highest BCUT2D eigenvalue weighted by Crippen LogP contribution is 2.31. The van der Waals surface area contributed by atoms with Gasteiger partial charge in [0.2, 0.25) is 17.8 Å². The summed E-state index contributed by atoms with van der Waals surface area (Å²) in [4.78, 5) is 47.5. The zero-order chi connectivity index (χ0) is 20.5. The second-order valence-corrected chi connectivity index (χ2v) is 7.80. The number of fused-ring (bicyclic) bond motifs is 1. The van der Waals surface area contributed by atoms with Crippen molar-refractivity contribution in [3.05, 3.63) is 45.7 Å². The molecule has 1 aromatic carbocycles. The quantitative estimate of drug-likeness (QED) is 0.740. The second kappa shape index (κ2) is 7.69. The molecule has 3 heterocycles. The van der Waals surface area contributed by atoms with Crippen molar-refractivity contribution in [1.82, 2.24) is 9.97 Å². The molecule has 8 nitrogen and oxygen atoms in total. The monoisotopic (exact) mass is 395 g/mol. The van der Waals surface area contributed by atoms with Crippen molar-refractivity contribution < 1.29 is 9.59 Å². The van der Waals surface area contributed by atoms with Gasteiger partial charge in [-0.3, -0.25) is 19.4 Å². The number of rotatable bonds is 3. The average molecular weight is 395 g/mol. The Hall–Kier alpha value is -3.16. The lowest BCUT2D eigenvalue weighted by Gasteiger charge is -2.34. The Morgan fingerprint density at radius 1 is 1.24 bits per heavy atom. The van der Waals surface area contributed by atoms with Crippen molar-refractivity contribution >= 4 is 29.3 Å². The predicted molar refractivity (Wildman–Crippen MR) is 111 cm³/mol. The van der Waals surface area contributed by atoms with Crippen molar-refractivity contribution in [3.8, 4) is 0 Å². The maximum atomic E-state index is 12.9. The molecule has 152 valence electrons. The smallest absolute Gasteiger partial charge is 0.258 e. The molecular weight excluding hydrogens is 370 g/mol. The molecule has 3 N–H and O–H groups in total. The highest BCUT2D eigenvalue weighted by molar-refractivity contribution is 6.04. The van der Waals surface area contributed by atoms with Crippen LogP contribution in [0.25, 0.3) is 0 Å². The Bertz CT molecular complexity index is 1020. The third-order valence-corrected chi connectivity index (χ3v) is 5.73. The van der Waals surface area contributed by atoms with Crippen molar-refractivity contribution in [2.24, 2.45) is 0 Å². The van der Waals surface area contributed by atoms with Crippen molar-refractivity contribution in [1.29, 1.82) is 0 Å². The third kappa shape index (κ3) is 3.74. The Kier molecular flexibility index (Phi) is 5.08. The minimum absolute atomic E-state index is 0.0884. The van der Waals surface area contributed by atoms with Gasteiger partial charge < -0.3 is 15.5 Å². The summed E-state index contributed by atoms with van der Waals surface area (Å²) in [5, 5.41) is 5.52. The van der Waals surface area contributed by atoms with Crippen LogP contribution in [-0.2, 0) is 9.59 Å². The molecule has 0 radical (unpaired) electrons. The Labute approximate surface area is 168 Å². The maximum absolute atomic E-state index is 12.9. The van der Waals surface area contributed by atoms with E-state index in [0.717, 1.165) is 31.4 Å². The van der Waals surface area contributed by atoms with E-state index in [1.807, 2.05) is 30.0 Å². The second-order valence-electron chi connectivity index (χ2n) is 7.80. The van der Waals surface area contributed by atoms with Gasteiger partial charge in [0.1, 0.15) is 5.82 Å². The number of hydrogen-bond donors (Lipinski definition) is 3. The number of piperidine rings is 1. The maximum Gasteiger partial charge on any atom is 0.258 e. The fourth-order valence-corrected chi connectivity index (χ4v) is 4.07. The van der Waals surface area contributed by atoms with E-state index >= 15 is 0 Å². The number of carbonyl (C=O) groups is 2. The van der Waals surface area contributed by atoms with Crippen molar-refractivity contribution in [2.75, 3.05) is 22.1 Å². The average Bonchev–Trinajstić information content (AvgIpc) is 2.69. The summed E-state index contributed by atoms with van der Waals surface area (Å²) in [5.41, 5.74) is 1.40. The molecule has 2 atom stereocenters. The number of H-pyrrole nitrogens is 1. The topological polar surface area (TPSA) is 107 Å². The number of aryl methyl sites for hydroxylation is 1.